The molecule has 1 aromatic carbocycles. The van der Waals surface area contributed by atoms with Crippen LogP contribution in [0, 0.1) is 5.41 Å². The van der Waals surface area contributed by atoms with Crippen LogP contribution in [0.2, 0.25) is 5.02 Å². The van der Waals surface area contributed by atoms with Crippen molar-refractivity contribution in [1.29, 1.82) is 0 Å². The summed E-state index contributed by atoms with van der Waals surface area (Å²) in [4.78, 5) is 26.6. The summed E-state index contributed by atoms with van der Waals surface area (Å²) in [6.07, 6.45) is -3.86. The number of hydrogen-bond acceptors (Lipinski definition) is 3. The van der Waals surface area contributed by atoms with Crippen molar-refractivity contribution in [2.45, 2.75) is 26.4 Å². The Morgan fingerprint density at radius 3 is 2.31 bits per heavy atom. The van der Waals surface area contributed by atoms with E-state index in [1.165, 1.54) is 13.8 Å². The standard InChI is InChI=1S/C17H23ClF3N3O2/c1-16(2,14(25)22-8-5-9-24(3)4)15(26)23-13-10-11(17(19,20)21)6-7-12(13)18/h6-7,10H,5,8-9H2,1-4H3,(H,22,25)(H,23,26). The molecule has 0 bridgehead atoms. The quantitative estimate of drug-likeness (QED) is 0.551. The number of hydrogen-bond donors (Lipinski definition) is 2. The molecule has 0 spiro atoms. The number of halogens is 4. The van der Waals surface area contributed by atoms with Gasteiger partial charge in [-0.1, -0.05) is 11.6 Å². The summed E-state index contributed by atoms with van der Waals surface area (Å²) in [6, 6.07) is 2.61. The predicted molar refractivity (Wildman–Crippen MR) is 95.0 cm³/mol. The number of alkyl halides is 3. The molecule has 0 fully saturated rings. The molecule has 5 nitrogen and oxygen atoms in total. The minimum atomic E-state index is -4.57. The molecule has 0 saturated carbocycles. The third-order valence-corrected chi connectivity index (χ3v) is 4.07. The van der Waals surface area contributed by atoms with Crippen molar-refractivity contribution >= 4 is 29.1 Å². The van der Waals surface area contributed by atoms with Crippen LogP contribution in [0.1, 0.15) is 25.8 Å². The van der Waals surface area contributed by atoms with Crippen LogP contribution in [-0.2, 0) is 15.8 Å². The van der Waals surface area contributed by atoms with Gasteiger partial charge in [-0.25, -0.2) is 0 Å². The summed E-state index contributed by atoms with van der Waals surface area (Å²) < 4.78 is 38.4. The van der Waals surface area contributed by atoms with E-state index >= 15 is 0 Å². The van der Waals surface area contributed by atoms with E-state index in [0.29, 0.717) is 13.0 Å². The highest BCUT2D eigenvalue weighted by Crippen LogP contribution is 2.34. The highest BCUT2D eigenvalue weighted by Gasteiger charge is 2.37. The Morgan fingerprint density at radius 2 is 1.77 bits per heavy atom. The zero-order chi connectivity index (χ0) is 20.1. The monoisotopic (exact) mass is 393 g/mol. The molecule has 0 heterocycles. The van der Waals surface area contributed by atoms with E-state index in [1.54, 1.807) is 0 Å². The first-order valence-electron chi connectivity index (χ1n) is 7.97. The third kappa shape index (κ3) is 6.17. The fraction of sp³-hybridized carbons (Fsp3) is 0.529. The van der Waals surface area contributed by atoms with Crippen LogP contribution in [0.4, 0.5) is 18.9 Å². The maximum absolute atomic E-state index is 12.8. The predicted octanol–water partition coefficient (Wildman–Crippen LogP) is 3.39. The molecule has 2 amide bonds. The largest absolute Gasteiger partial charge is 0.416 e. The molecule has 0 aliphatic rings. The number of anilines is 1. The first-order valence-corrected chi connectivity index (χ1v) is 8.34. The molecule has 2 N–H and O–H groups in total. The molecular formula is C17H23ClF3N3O2. The van der Waals surface area contributed by atoms with Crippen LogP contribution in [0.3, 0.4) is 0 Å². The van der Waals surface area contributed by atoms with E-state index in [9.17, 15) is 22.8 Å². The Balaban J connectivity index is 2.80. The van der Waals surface area contributed by atoms with E-state index < -0.39 is 29.0 Å². The SMILES string of the molecule is CN(C)CCCNC(=O)C(C)(C)C(=O)Nc1cc(C(F)(F)F)ccc1Cl. The second-order valence-electron chi connectivity index (χ2n) is 6.68. The fourth-order valence-corrected chi connectivity index (χ4v) is 2.16. The highest BCUT2D eigenvalue weighted by molar-refractivity contribution is 6.34. The van der Waals surface area contributed by atoms with Crippen molar-refractivity contribution in [3.8, 4) is 0 Å². The molecule has 1 aromatic rings. The third-order valence-electron chi connectivity index (χ3n) is 3.74. The molecule has 0 saturated heterocycles. The molecule has 26 heavy (non-hydrogen) atoms. The van der Waals surface area contributed by atoms with Gasteiger partial charge in [0, 0.05) is 6.54 Å². The lowest BCUT2D eigenvalue weighted by molar-refractivity contribution is -0.139. The molecule has 9 heteroatoms. The first kappa shape index (κ1) is 22.2. The summed E-state index contributed by atoms with van der Waals surface area (Å²) in [5.74, 6) is -1.26. The Bertz CT molecular complexity index is 661. The average molecular weight is 394 g/mol. The lowest BCUT2D eigenvalue weighted by Crippen LogP contribution is -2.45. The molecule has 0 radical (unpaired) electrons. The van der Waals surface area contributed by atoms with Crippen LogP contribution in [-0.4, -0.2) is 43.9 Å². The Kier molecular flexibility index (Phi) is 7.46. The van der Waals surface area contributed by atoms with Crippen molar-refractivity contribution in [1.82, 2.24) is 10.2 Å². The van der Waals surface area contributed by atoms with Gasteiger partial charge in [0.2, 0.25) is 11.8 Å². The summed E-state index contributed by atoms with van der Waals surface area (Å²) in [6.45, 7) is 3.95. The van der Waals surface area contributed by atoms with E-state index in [4.69, 9.17) is 11.6 Å². The molecule has 146 valence electrons. The van der Waals surface area contributed by atoms with Crippen molar-refractivity contribution < 1.29 is 22.8 Å². The number of carbonyl (C=O) groups excluding carboxylic acids is 2. The molecule has 0 atom stereocenters. The number of carbonyl (C=O) groups is 2. The second-order valence-corrected chi connectivity index (χ2v) is 7.09. The van der Waals surface area contributed by atoms with Crippen LogP contribution >= 0.6 is 11.6 Å². The summed E-state index contributed by atoms with van der Waals surface area (Å²) in [5.41, 5.74) is -2.61. The smallest absolute Gasteiger partial charge is 0.355 e. The number of amides is 2. The Hall–Kier alpha value is -1.80. The molecule has 0 aliphatic heterocycles. The summed E-state index contributed by atoms with van der Waals surface area (Å²) >= 11 is 5.86. The zero-order valence-corrected chi connectivity index (χ0v) is 15.9. The lowest BCUT2D eigenvalue weighted by atomic mass is 9.91. The maximum Gasteiger partial charge on any atom is 0.416 e. The Morgan fingerprint density at radius 1 is 1.15 bits per heavy atom. The number of nitrogens with one attached hydrogen (secondary N) is 2. The second kappa shape index (κ2) is 8.73. The van der Waals surface area contributed by atoms with Crippen molar-refractivity contribution in [3.05, 3.63) is 28.8 Å². The van der Waals surface area contributed by atoms with Crippen molar-refractivity contribution in [2.75, 3.05) is 32.5 Å². The van der Waals surface area contributed by atoms with E-state index in [-0.39, 0.29) is 10.7 Å². The van der Waals surface area contributed by atoms with Crippen LogP contribution in [0.15, 0.2) is 18.2 Å². The highest BCUT2D eigenvalue weighted by atomic mass is 35.5. The number of nitrogens with zero attached hydrogens (tertiary/aromatic N) is 1. The maximum atomic E-state index is 12.8. The van der Waals surface area contributed by atoms with E-state index in [0.717, 1.165) is 24.7 Å². The fourth-order valence-electron chi connectivity index (χ4n) is 2.00. The van der Waals surface area contributed by atoms with Gasteiger partial charge in [-0.2, -0.15) is 13.2 Å². The van der Waals surface area contributed by atoms with Crippen molar-refractivity contribution in [3.63, 3.8) is 0 Å². The Labute approximate surface area is 155 Å². The van der Waals surface area contributed by atoms with Gasteiger partial charge in [-0.05, 0) is 59.1 Å². The summed E-state index contributed by atoms with van der Waals surface area (Å²) in [7, 11) is 3.80. The number of rotatable bonds is 7. The molecule has 0 aliphatic carbocycles. The van der Waals surface area contributed by atoms with Gasteiger partial charge < -0.3 is 15.5 Å². The van der Waals surface area contributed by atoms with Gasteiger partial charge in [-0.15, -0.1) is 0 Å². The van der Waals surface area contributed by atoms with Gasteiger partial charge in [-0.3, -0.25) is 9.59 Å². The minimum Gasteiger partial charge on any atom is -0.355 e. The van der Waals surface area contributed by atoms with E-state index in [1.807, 2.05) is 19.0 Å². The summed E-state index contributed by atoms with van der Waals surface area (Å²) in [5, 5.41) is 4.92. The normalized spacial score (nSPS) is 12.2. The van der Waals surface area contributed by atoms with E-state index in [2.05, 4.69) is 10.6 Å². The van der Waals surface area contributed by atoms with Crippen LogP contribution in [0.5, 0.6) is 0 Å². The molecule has 0 unspecified atom stereocenters. The van der Waals surface area contributed by atoms with Crippen molar-refractivity contribution in [2.24, 2.45) is 5.41 Å². The molecule has 1 rings (SSSR count). The van der Waals surface area contributed by atoms with Gasteiger partial charge >= 0.3 is 6.18 Å². The number of benzene rings is 1. The zero-order valence-electron chi connectivity index (χ0n) is 15.1. The lowest BCUT2D eigenvalue weighted by Gasteiger charge is -2.23. The molecule has 0 aromatic heterocycles. The van der Waals surface area contributed by atoms with Gasteiger partial charge in [0.1, 0.15) is 5.41 Å². The molecular weight excluding hydrogens is 371 g/mol. The average Bonchev–Trinajstić information content (AvgIpc) is 2.51. The van der Waals surface area contributed by atoms with Crippen LogP contribution in [0.25, 0.3) is 0 Å². The van der Waals surface area contributed by atoms with Gasteiger partial charge in [0.05, 0.1) is 16.3 Å². The first-order chi connectivity index (χ1) is 11.9. The minimum absolute atomic E-state index is 0.0476. The topological polar surface area (TPSA) is 61.4 Å². The van der Waals surface area contributed by atoms with Gasteiger partial charge in [0.15, 0.2) is 0 Å². The van der Waals surface area contributed by atoms with Gasteiger partial charge in [0.25, 0.3) is 0 Å². The van der Waals surface area contributed by atoms with Crippen LogP contribution < -0.4 is 10.6 Å².